The molecule has 4 heterocycles. The number of hydrogen-bond acceptors (Lipinski definition) is 7. The van der Waals surface area contributed by atoms with Gasteiger partial charge in [-0.15, -0.1) is 4.80 Å². The van der Waals surface area contributed by atoms with Crippen molar-refractivity contribution in [2.75, 3.05) is 18.4 Å². The molecular formula is C21H19F3N8O. The van der Waals surface area contributed by atoms with Crippen LogP contribution in [0.25, 0.3) is 5.69 Å². The number of piperidine rings is 1. The van der Waals surface area contributed by atoms with Crippen LogP contribution in [0.3, 0.4) is 0 Å². The van der Waals surface area contributed by atoms with Gasteiger partial charge in [0.15, 0.2) is 11.4 Å². The molecule has 12 heteroatoms. The average molecular weight is 456 g/mol. The van der Waals surface area contributed by atoms with Gasteiger partial charge >= 0.3 is 6.18 Å². The lowest BCUT2D eigenvalue weighted by atomic mass is 10.0. The van der Waals surface area contributed by atoms with E-state index < -0.39 is 11.9 Å². The Kier molecular flexibility index (Phi) is 5.06. The Morgan fingerprint density at radius 2 is 1.97 bits per heavy atom. The molecule has 1 aliphatic carbocycles. The molecule has 1 N–H and O–H groups in total. The molecule has 5 rings (SSSR count). The topological polar surface area (TPSA) is 102 Å². The van der Waals surface area contributed by atoms with Gasteiger partial charge in [-0.05, 0) is 25.5 Å². The number of hydrogen-bond donors (Lipinski definition) is 1. The molecule has 2 atom stereocenters. The van der Waals surface area contributed by atoms with Crippen molar-refractivity contribution in [1.82, 2.24) is 34.8 Å². The highest BCUT2D eigenvalue weighted by molar-refractivity contribution is 5.96. The second kappa shape index (κ2) is 7.94. The summed E-state index contributed by atoms with van der Waals surface area (Å²) in [6.07, 6.45) is 3.01. The third kappa shape index (κ3) is 4.28. The zero-order valence-electron chi connectivity index (χ0n) is 17.5. The number of halogens is 3. The van der Waals surface area contributed by atoms with Gasteiger partial charge in [-0.2, -0.15) is 23.4 Å². The molecule has 3 aromatic rings. The van der Waals surface area contributed by atoms with Gasteiger partial charge in [-0.3, -0.25) is 4.79 Å². The van der Waals surface area contributed by atoms with Crippen LogP contribution in [0.4, 0.5) is 19.0 Å². The summed E-state index contributed by atoms with van der Waals surface area (Å²) in [7, 11) is 0. The summed E-state index contributed by atoms with van der Waals surface area (Å²) in [6.45, 7) is 2.62. The van der Waals surface area contributed by atoms with Gasteiger partial charge in [-0.1, -0.05) is 11.6 Å². The van der Waals surface area contributed by atoms with E-state index in [1.807, 2.05) is 0 Å². The second-order valence-electron chi connectivity index (χ2n) is 7.97. The number of nitrogens with one attached hydrogen (secondary N) is 1. The van der Waals surface area contributed by atoms with E-state index in [4.69, 9.17) is 0 Å². The molecule has 1 fully saturated rings. The van der Waals surface area contributed by atoms with Crippen LogP contribution >= 0.6 is 0 Å². The number of alkyl halides is 3. The van der Waals surface area contributed by atoms with E-state index in [0.717, 1.165) is 6.20 Å². The Morgan fingerprint density at radius 1 is 1.18 bits per heavy atom. The van der Waals surface area contributed by atoms with Crippen LogP contribution in [-0.2, 0) is 6.18 Å². The normalized spacial score (nSPS) is 19.6. The van der Waals surface area contributed by atoms with Gasteiger partial charge in [0.05, 0.1) is 30.8 Å². The molecule has 0 saturated carbocycles. The van der Waals surface area contributed by atoms with Crippen LogP contribution in [0, 0.1) is 12.8 Å². The quantitative estimate of drug-likeness (QED) is 0.589. The van der Waals surface area contributed by atoms with E-state index in [0.29, 0.717) is 37.1 Å². The number of likely N-dealkylation sites (tertiary alicyclic amines) is 1. The number of rotatable bonds is 5. The number of nitrogens with zero attached hydrogens (tertiary/aromatic N) is 7. The Bertz CT molecular complexity index is 1210. The van der Waals surface area contributed by atoms with E-state index in [1.54, 1.807) is 24.0 Å². The Labute approximate surface area is 186 Å². The number of fused-ring (bicyclic) bond motifs is 1. The number of carbonyl (C=O) groups excluding carboxylic acids is 1. The van der Waals surface area contributed by atoms with Crippen molar-refractivity contribution in [3.8, 4) is 5.69 Å². The lowest BCUT2D eigenvalue weighted by Crippen LogP contribution is -2.48. The van der Waals surface area contributed by atoms with Gasteiger partial charge in [-0.25, -0.2) is 15.0 Å². The van der Waals surface area contributed by atoms with Crippen molar-refractivity contribution in [2.24, 2.45) is 5.92 Å². The summed E-state index contributed by atoms with van der Waals surface area (Å²) in [5, 5.41) is 11.3. The van der Waals surface area contributed by atoms with E-state index in [2.05, 4.69) is 36.5 Å². The highest BCUT2D eigenvalue weighted by Crippen LogP contribution is 2.40. The van der Waals surface area contributed by atoms with E-state index >= 15 is 0 Å². The van der Waals surface area contributed by atoms with Crippen LogP contribution < -0.4 is 5.32 Å². The van der Waals surface area contributed by atoms with Crippen LogP contribution in [0.1, 0.15) is 28.3 Å². The summed E-state index contributed by atoms with van der Waals surface area (Å²) < 4.78 is 38.2. The molecule has 33 heavy (non-hydrogen) atoms. The Hall–Kier alpha value is -3.83. The number of anilines is 1. The largest absolute Gasteiger partial charge is 0.434 e. The molecule has 9 nitrogen and oxygen atoms in total. The summed E-state index contributed by atoms with van der Waals surface area (Å²) >= 11 is 0. The van der Waals surface area contributed by atoms with Crippen molar-refractivity contribution in [1.29, 1.82) is 0 Å². The van der Waals surface area contributed by atoms with Crippen LogP contribution in [0.15, 0.2) is 48.6 Å². The van der Waals surface area contributed by atoms with Gasteiger partial charge in [0.1, 0.15) is 11.5 Å². The minimum absolute atomic E-state index is 0.206. The van der Waals surface area contributed by atoms with Crippen LogP contribution in [-0.4, -0.2) is 59.9 Å². The number of amides is 1. The minimum atomic E-state index is -4.55. The molecule has 0 spiro atoms. The van der Waals surface area contributed by atoms with Crippen molar-refractivity contribution >= 4 is 11.7 Å². The first-order chi connectivity index (χ1) is 15.8. The molecule has 2 aliphatic rings. The molecule has 1 saturated heterocycles. The van der Waals surface area contributed by atoms with Gasteiger partial charge in [0.25, 0.3) is 5.91 Å². The predicted octanol–water partition coefficient (Wildman–Crippen LogP) is 2.66. The molecule has 1 aliphatic heterocycles. The summed E-state index contributed by atoms with van der Waals surface area (Å²) in [5.74, 6) is 0.209. The zero-order chi connectivity index (χ0) is 23.2. The van der Waals surface area contributed by atoms with Crippen molar-refractivity contribution < 1.29 is 18.0 Å². The second-order valence-corrected chi connectivity index (χ2v) is 7.97. The molecule has 0 bridgehead atoms. The number of aryl methyl sites for hydroxylation is 1. The maximum Gasteiger partial charge on any atom is 0.434 e. The molecule has 170 valence electrons. The van der Waals surface area contributed by atoms with Gasteiger partial charge in [0, 0.05) is 24.7 Å². The molecule has 0 aromatic carbocycles. The highest BCUT2D eigenvalue weighted by Gasteiger charge is 2.41. The fourth-order valence-electron chi connectivity index (χ4n) is 3.91. The maximum atomic E-state index is 13.6. The fourth-order valence-corrected chi connectivity index (χ4v) is 3.91. The van der Waals surface area contributed by atoms with Crippen LogP contribution in [0.2, 0.25) is 0 Å². The smallest absolute Gasteiger partial charge is 0.367 e. The molecule has 3 aromatic heterocycles. The van der Waals surface area contributed by atoms with E-state index in [-0.39, 0.29) is 29.4 Å². The fraction of sp³-hybridized carbons (Fsp3) is 0.333. The van der Waals surface area contributed by atoms with E-state index in [9.17, 15) is 18.0 Å². The standard InChI is InChI=1S/C21H19F3N8O/c1-12-2-3-16(32-28-4-5-29-32)19(30-12)20(33)31-11-14-6-13(14)7-15(31)8-26-18-10-25-17(9-27-18)21(22,23)24/h2-6,9-10,14-15H,7-8,11H2,1H3,(H,26,27)/t14-,15+/m1/s1. The number of aromatic nitrogens is 6. The van der Waals surface area contributed by atoms with Gasteiger partial charge < -0.3 is 10.2 Å². The predicted molar refractivity (Wildman–Crippen MR) is 110 cm³/mol. The monoisotopic (exact) mass is 456 g/mol. The SMILES string of the molecule is Cc1ccc(-n2nccn2)c(C(=O)N2C[C@H]3C=C3C[C@H]2CNc2cnc(C(F)(F)F)cn2)n1. The average Bonchev–Trinajstić information content (AvgIpc) is 3.34. The summed E-state index contributed by atoms with van der Waals surface area (Å²) in [4.78, 5) is 28.4. The molecule has 1 amide bonds. The minimum Gasteiger partial charge on any atom is -0.367 e. The molecular weight excluding hydrogens is 437 g/mol. The molecule has 0 unspecified atom stereocenters. The Balaban J connectivity index is 1.36. The maximum absolute atomic E-state index is 13.6. The zero-order valence-corrected chi connectivity index (χ0v) is 17.5. The Morgan fingerprint density at radius 3 is 2.67 bits per heavy atom. The third-order valence-corrected chi connectivity index (χ3v) is 5.66. The lowest BCUT2D eigenvalue weighted by Gasteiger charge is -2.35. The van der Waals surface area contributed by atoms with E-state index in [1.165, 1.54) is 22.8 Å². The van der Waals surface area contributed by atoms with Crippen molar-refractivity contribution in [3.05, 3.63) is 65.7 Å². The number of pyridine rings is 1. The molecule has 0 radical (unpaired) electrons. The van der Waals surface area contributed by atoms with Crippen molar-refractivity contribution in [3.63, 3.8) is 0 Å². The summed E-state index contributed by atoms with van der Waals surface area (Å²) in [6, 6.07) is 3.31. The third-order valence-electron chi connectivity index (χ3n) is 5.66. The summed E-state index contributed by atoms with van der Waals surface area (Å²) in [5.41, 5.74) is 1.63. The first kappa shape index (κ1) is 21.0. The van der Waals surface area contributed by atoms with Crippen LogP contribution in [0.5, 0.6) is 0 Å². The first-order valence-electron chi connectivity index (χ1n) is 10.3. The first-order valence-corrected chi connectivity index (χ1v) is 10.3. The number of carbonyl (C=O) groups is 1. The van der Waals surface area contributed by atoms with Crippen molar-refractivity contribution in [2.45, 2.75) is 25.6 Å². The highest BCUT2D eigenvalue weighted by atomic mass is 19.4. The lowest BCUT2D eigenvalue weighted by molar-refractivity contribution is -0.141. The van der Waals surface area contributed by atoms with Gasteiger partial charge in [0.2, 0.25) is 0 Å².